The lowest BCUT2D eigenvalue weighted by Crippen LogP contribution is -2.48. The predicted molar refractivity (Wildman–Crippen MR) is 161 cm³/mol. The Bertz CT molecular complexity index is 1410. The van der Waals surface area contributed by atoms with Gasteiger partial charge in [-0.15, -0.1) is 0 Å². The molecular formula is C34H42N3O2+. The van der Waals surface area contributed by atoms with Crippen LogP contribution >= 0.6 is 0 Å². The summed E-state index contributed by atoms with van der Waals surface area (Å²) in [6.45, 7) is 8.06. The second-order valence-corrected chi connectivity index (χ2v) is 11.3. The largest absolute Gasteiger partial charge is 0.471 e. The van der Waals surface area contributed by atoms with Gasteiger partial charge < -0.3 is 15.0 Å². The number of primary amides is 1. The zero-order valence-electron chi connectivity index (χ0n) is 24.0. The fraction of sp³-hybridized carbons (Fsp3) is 0.353. The van der Waals surface area contributed by atoms with Crippen LogP contribution in [0, 0.1) is 5.92 Å². The molecule has 5 nitrogen and oxygen atoms in total. The van der Waals surface area contributed by atoms with E-state index in [9.17, 15) is 4.79 Å². The van der Waals surface area contributed by atoms with Crippen molar-refractivity contribution in [2.75, 3.05) is 27.2 Å². The summed E-state index contributed by atoms with van der Waals surface area (Å²) in [5.74, 6) is 0.650. The van der Waals surface area contributed by atoms with E-state index in [-0.39, 0.29) is 6.04 Å². The van der Waals surface area contributed by atoms with Gasteiger partial charge in [-0.3, -0.25) is 4.79 Å². The molecule has 4 rings (SSSR count). The fourth-order valence-electron chi connectivity index (χ4n) is 5.71. The molecule has 1 amide bonds. The van der Waals surface area contributed by atoms with Crippen LogP contribution in [0.25, 0.3) is 21.9 Å². The van der Waals surface area contributed by atoms with Crippen molar-refractivity contribution in [2.45, 2.75) is 46.1 Å². The van der Waals surface area contributed by atoms with Gasteiger partial charge in [0.1, 0.15) is 19.2 Å². The summed E-state index contributed by atoms with van der Waals surface area (Å²) < 4.78 is 7.14. The minimum absolute atomic E-state index is 0.173. The molecule has 0 spiro atoms. The first-order valence-electron chi connectivity index (χ1n) is 14.0. The number of unbranched alkanes of at least 4 members (excludes halogenated alkanes) is 1. The molecule has 0 radical (unpaired) electrons. The number of hydrogen-bond acceptors (Lipinski definition) is 3. The van der Waals surface area contributed by atoms with Crippen molar-refractivity contribution in [1.29, 1.82) is 0 Å². The minimum atomic E-state index is -0.414. The third kappa shape index (κ3) is 6.66. The van der Waals surface area contributed by atoms with Crippen LogP contribution < -0.4 is 10.5 Å². The number of pyridine rings is 1. The normalized spacial score (nSPS) is 12.6. The lowest BCUT2D eigenvalue weighted by Gasteiger charge is -2.41. The first-order chi connectivity index (χ1) is 18.7. The highest BCUT2D eigenvalue weighted by atomic mass is 16.5. The van der Waals surface area contributed by atoms with Crippen molar-refractivity contribution in [3.8, 4) is 17.0 Å². The molecule has 5 heteroatoms. The molecule has 1 atom stereocenters. The molecular weight excluding hydrogens is 482 g/mol. The number of carbonyl (C=O) groups is 1. The van der Waals surface area contributed by atoms with Crippen molar-refractivity contribution in [3.05, 3.63) is 95.7 Å². The van der Waals surface area contributed by atoms with Crippen molar-refractivity contribution in [1.82, 2.24) is 4.98 Å². The van der Waals surface area contributed by atoms with Crippen molar-refractivity contribution in [3.63, 3.8) is 0 Å². The molecule has 0 aliphatic rings. The number of nitrogens with zero attached hydrogens (tertiary/aromatic N) is 2. The van der Waals surface area contributed by atoms with Crippen LogP contribution in [0.3, 0.4) is 0 Å². The third-order valence-electron chi connectivity index (χ3n) is 7.58. The van der Waals surface area contributed by atoms with E-state index in [2.05, 4.69) is 77.3 Å². The first kappa shape index (κ1) is 28.3. The van der Waals surface area contributed by atoms with E-state index in [0.29, 0.717) is 18.1 Å². The van der Waals surface area contributed by atoms with E-state index in [4.69, 9.17) is 15.5 Å². The van der Waals surface area contributed by atoms with Crippen LogP contribution in [0.5, 0.6) is 5.88 Å². The number of quaternary nitrogens is 1. The van der Waals surface area contributed by atoms with Gasteiger partial charge in [0.2, 0.25) is 11.8 Å². The molecule has 0 bridgehead atoms. The average molecular weight is 525 g/mol. The number of nitrogens with two attached hydrogens (primary N) is 1. The number of rotatable bonds is 12. The molecule has 4 aromatic rings. The maximum absolute atomic E-state index is 12.0. The van der Waals surface area contributed by atoms with Crippen LogP contribution in [0.4, 0.5) is 0 Å². The van der Waals surface area contributed by atoms with Crippen molar-refractivity contribution >= 4 is 16.7 Å². The monoisotopic (exact) mass is 524 g/mol. The van der Waals surface area contributed by atoms with Crippen LogP contribution in [-0.2, 0) is 6.42 Å². The van der Waals surface area contributed by atoms with E-state index < -0.39 is 5.91 Å². The Kier molecular flexibility index (Phi) is 9.03. The number of amides is 1. The molecule has 0 unspecified atom stereocenters. The Hall–Kier alpha value is -3.70. The Balaban J connectivity index is 1.63. The molecule has 0 aliphatic carbocycles. The summed E-state index contributed by atoms with van der Waals surface area (Å²) in [7, 11) is 4.52. The van der Waals surface area contributed by atoms with Gasteiger partial charge in [0.05, 0.1) is 14.1 Å². The van der Waals surface area contributed by atoms with Gasteiger partial charge >= 0.3 is 0 Å². The van der Waals surface area contributed by atoms with Crippen LogP contribution in [0.2, 0.25) is 0 Å². The number of carbonyl (C=O) groups excluding carboxylic acids is 1. The highest BCUT2D eigenvalue weighted by molar-refractivity contribution is 5.94. The highest BCUT2D eigenvalue weighted by Crippen LogP contribution is 2.39. The number of benzene rings is 3. The number of fused-ring (bicyclic) bond motifs is 1. The SMILES string of the molecule is CCCCc1cc2ccccc2c(OCC[N+](C)(C)[C@@H](c2ccc(C(N)=O)cc2-c2ccccc2)C(C)C)n1. The summed E-state index contributed by atoms with van der Waals surface area (Å²) in [5, 5.41) is 2.22. The molecule has 0 fully saturated rings. The van der Waals surface area contributed by atoms with E-state index in [1.807, 2.05) is 36.4 Å². The minimum Gasteiger partial charge on any atom is -0.471 e. The Morgan fingerprint density at radius 3 is 2.38 bits per heavy atom. The van der Waals surface area contributed by atoms with Crippen molar-refractivity contribution < 1.29 is 14.0 Å². The van der Waals surface area contributed by atoms with E-state index in [0.717, 1.165) is 58.4 Å². The first-order valence-corrected chi connectivity index (χ1v) is 14.0. The van der Waals surface area contributed by atoms with Gasteiger partial charge in [0.15, 0.2) is 0 Å². The number of hydrogen-bond donors (Lipinski definition) is 1. The zero-order chi connectivity index (χ0) is 28.0. The molecule has 0 saturated heterocycles. The molecule has 204 valence electrons. The molecule has 2 N–H and O–H groups in total. The molecule has 3 aromatic carbocycles. The van der Waals surface area contributed by atoms with Gasteiger partial charge in [-0.05, 0) is 53.6 Å². The lowest BCUT2D eigenvalue weighted by atomic mass is 9.86. The number of aromatic nitrogens is 1. The van der Waals surface area contributed by atoms with E-state index in [1.165, 1.54) is 10.9 Å². The number of aryl methyl sites for hydroxylation is 1. The number of ether oxygens (including phenoxy) is 1. The van der Waals surface area contributed by atoms with Gasteiger partial charge in [-0.2, -0.15) is 0 Å². The Morgan fingerprint density at radius 2 is 1.69 bits per heavy atom. The smallest absolute Gasteiger partial charge is 0.248 e. The van der Waals surface area contributed by atoms with Crippen LogP contribution in [0.1, 0.15) is 61.3 Å². The molecule has 0 saturated carbocycles. The second kappa shape index (κ2) is 12.4. The molecule has 0 aliphatic heterocycles. The quantitative estimate of drug-likeness (QED) is 0.199. The topological polar surface area (TPSA) is 65.2 Å². The highest BCUT2D eigenvalue weighted by Gasteiger charge is 2.35. The van der Waals surface area contributed by atoms with Gasteiger partial charge in [0.25, 0.3) is 0 Å². The predicted octanol–water partition coefficient (Wildman–Crippen LogP) is 7.20. The summed E-state index contributed by atoms with van der Waals surface area (Å²) in [6, 6.07) is 26.8. The maximum Gasteiger partial charge on any atom is 0.248 e. The molecule has 1 aromatic heterocycles. The summed E-state index contributed by atoms with van der Waals surface area (Å²) in [4.78, 5) is 16.9. The molecule has 1 heterocycles. The Morgan fingerprint density at radius 1 is 0.974 bits per heavy atom. The standard InChI is InChI=1S/C34H41N3O2/c1-6-7-16-28-22-26-15-11-12-17-29(26)34(36-28)39-21-20-37(4,5)32(24(2)3)30-19-18-27(33(35)38)23-31(30)25-13-9-8-10-14-25/h8-15,17-19,22-24,32H,6-7,16,20-21H2,1-5H3,(H-,35,38)/p+1/t32-/m1/s1. The summed E-state index contributed by atoms with van der Waals surface area (Å²) in [5.41, 5.74) is 10.6. The Labute approximate surface area is 233 Å². The van der Waals surface area contributed by atoms with Crippen LogP contribution in [-0.4, -0.2) is 42.6 Å². The zero-order valence-corrected chi connectivity index (χ0v) is 24.0. The van der Waals surface area contributed by atoms with Crippen molar-refractivity contribution in [2.24, 2.45) is 11.7 Å². The number of likely N-dealkylation sites (N-methyl/N-ethyl adjacent to an activating group) is 1. The third-order valence-corrected chi connectivity index (χ3v) is 7.58. The van der Waals surface area contributed by atoms with Crippen LogP contribution in [0.15, 0.2) is 78.9 Å². The fourth-order valence-corrected chi connectivity index (χ4v) is 5.71. The summed E-state index contributed by atoms with van der Waals surface area (Å²) >= 11 is 0. The second-order valence-electron chi connectivity index (χ2n) is 11.3. The molecule has 39 heavy (non-hydrogen) atoms. The van der Waals surface area contributed by atoms with E-state index in [1.54, 1.807) is 0 Å². The summed E-state index contributed by atoms with van der Waals surface area (Å²) in [6.07, 6.45) is 3.21. The van der Waals surface area contributed by atoms with E-state index >= 15 is 0 Å². The van der Waals surface area contributed by atoms with Gasteiger partial charge in [-0.25, -0.2) is 4.98 Å². The van der Waals surface area contributed by atoms with Gasteiger partial charge in [0, 0.05) is 28.1 Å². The maximum atomic E-state index is 12.0. The van der Waals surface area contributed by atoms with Gasteiger partial charge in [-0.1, -0.05) is 81.8 Å². The lowest BCUT2D eigenvalue weighted by molar-refractivity contribution is -0.924. The average Bonchev–Trinajstić information content (AvgIpc) is 2.92.